The number of carboxylic acids is 1. The number of nitrogens with two attached hydrogens (primary N) is 1. The van der Waals surface area contributed by atoms with Crippen molar-refractivity contribution in [1.29, 1.82) is 0 Å². The largest absolute Gasteiger partial charge is 0.491 e. The molecule has 1 aliphatic carbocycles. The highest BCUT2D eigenvalue weighted by atomic mass is 32.2. The number of ether oxygens (including phenoxy) is 4. The lowest BCUT2D eigenvalue weighted by atomic mass is 9.58. The minimum atomic E-state index is -4.74. The van der Waals surface area contributed by atoms with E-state index in [-0.39, 0.29) is 92.1 Å². The molecule has 8 N–H and O–H groups in total. The van der Waals surface area contributed by atoms with Crippen molar-refractivity contribution in [2.45, 2.75) is 152 Å². The van der Waals surface area contributed by atoms with Crippen LogP contribution in [0.2, 0.25) is 0 Å². The van der Waals surface area contributed by atoms with E-state index >= 15 is 0 Å². The fourth-order valence-electron chi connectivity index (χ4n) is 10.3. The van der Waals surface area contributed by atoms with Crippen LogP contribution in [0.3, 0.4) is 0 Å². The Balaban J connectivity index is 1.07. The van der Waals surface area contributed by atoms with Crippen LogP contribution in [0, 0.1) is 18.3 Å². The third kappa shape index (κ3) is 15.7. The molecule has 412 valence electrons. The average molecular weight is 1080 g/mol. The molecule has 0 aromatic heterocycles. The van der Waals surface area contributed by atoms with E-state index in [1.807, 2.05) is 26.0 Å². The van der Waals surface area contributed by atoms with Crippen molar-refractivity contribution in [2.75, 3.05) is 63.4 Å². The van der Waals surface area contributed by atoms with Gasteiger partial charge in [0.1, 0.15) is 36.0 Å². The van der Waals surface area contributed by atoms with Gasteiger partial charge in [0.25, 0.3) is 0 Å². The third-order valence-electron chi connectivity index (χ3n) is 14.1. The molecule has 2 aromatic carbocycles. The summed E-state index contributed by atoms with van der Waals surface area (Å²) in [5, 5.41) is 24.4. The Morgan fingerprint density at radius 1 is 0.824 bits per heavy atom. The van der Waals surface area contributed by atoms with Crippen LogP contribution < -0.4 is 37.1 Å². The lowest BCUT2D eigenvalue weighted by Crippen LogP contribution is -2.76. The number of fused-ring (bicyclic) bond motifs is 2. The molecule has 2 fully saturated rings. The molecule has 1 saturated heterocycles. The summed E-state index contributed by atoms with van der Waals surface area (Å²) in [6.45, 7) is 11.8. The number of amides is 5. The highest BCUT2D eigenvalue weighted by Crippen LogP contribution is 2.76. The quantitative estimate of drug-likeness (QED) is 0.0415. The van der Waals surface area contributed by atoms with E-state index in [1.165, 1.54) is 37.1 Å². The number of rotatable bonds is 27. The Morgan fingerprint density at radius 3 is 2.00 bits per heavy atom. The second kappa shape index (κ2) is 27.9. The standard InChI is InChI=1S/C53H77F3N6O10S2/c1-7-41-52(50(5)23-13-11-9-8-10-12-14-24-50)51(6,45(74-52)44(73-41)48(66)67)62-37-21-22-40(38(32-37)53(54,55)56)72-31-30-70-27-26-69-28-29-71-33-42(63)61-43(34(2)3)47(65)60-39(16-15-25-58-49(57)68)46(64)59-36-19-17-35(4)18-20-36/h17-22,32,34,39,41,43,62H,7-16,23-31,33H2,1-6H3,(H,59,64)(H,60,65)(H,61,63)(H,66,67)(H3,57,58,68)/t39-,41?,43?,51?,52?/m0/s1. The van der Waals surface area contributed by atoms with Gasteiger partial charge in [-0.2, -0.15) is 13.2 Å². The molecular formula is C53H77F3N6O10S2. The summed E-state index contributed by atoms with van der Waals surface area (Å²) < 4.78 is 65.8. The monoisotopic (exact) mass is 1080 g/mol. The Bertz CT molecular complexity index is 2240. The van der Waals surface area contributed by atoms with Gasteiger partial charge in [-0.1, -0.05) is 90.3 Å². The zero-order chi connectivity index (χ0) is 54.1. The number of benzene rings is 2. The van der Waals surface area contributed by atoms with E-state index in [1.54, 1.807) is 43.8 Å². The summed E-state index contributed by atoms with van der Waals surface area (Å²) in [5.74, 6) is -3.33. The van der Waals surface area contributed by atoms with Crippen molar-refractivity contribution >= 4 is 64.6 Å². The molecule has 0 spiro atoms. The second-order valence-electron chi connectivity index (χ2n) is 20.1. The molecule has 2 aromatic rings. The molecule has 4 unspecified atom stereocenters. The van der Waals surface area contributed by atoms with Crippen LogP contribution in [0.25, 0.3) is 0 Å². The smallest absolute Gasteiger partial charge is 0.420 e. The van der Waals surface area contributed by atoms with Gasteiger partial charge in [-0.05, 0) is 87.6 Å². The number of urea groups is 1. The van der Waals surface area contributed by atoms with Crippen molar-refractivity contribution in [3.05, 3.63) is 63.4 Å². The molecule has 2 bridgehead atoms. The van der Waals surface area contributed by atoms with Gasteiger partial charge in [-0.3, -0.25) is 14.4 Å². The van der Waals surface area contributed by atoms with E-state index in [0.29, 0.717) is 23.4 Å². The molecule has 21 heteroatoms. The number of alkyl halides is 3. The first-order valence-electron chi connectivity index (χ1n) is 25.9. The number of primary amides is 1. The van der Waals surface area contributed by atoms with Crippen molar-refractivity contribution in [1.82, 2.24) is 16.0 Å². The maximum absolute atomic E-state index is 14.7. The minimum Gasteiger partial charge on any atom is -0.491 e. The first-order valence-corrected chi connectivity index (χ1v) is 27.5. The summed E-state index contributed by atoms with van der Waals surface area (Å²) in [6.07, 6.45) is 6.36. The number of carbonyl (C=O) groups is 5. The minimum absolute atomic E-state index is 0.0226. The number of thioether (sulfide) groups is 2. The van der Waals surface area contributed by atoms with E-state index in [2.05, 4.69) is 40.4 Å². The number of carbonyl (C=O) groups excluding carboxylic acids is 4. The number of nitrogens with one attached hydrogen (secondary N) is 5. The molecule has 5 amide bonds. The maximum atomic E-state index is 14.7. The fraction of sp³-hybridized carbons (Fsp3) is 0.642. The Kier molecular flexibility index (Phi) is 22.7. The zero-order valence-corrected chi connectivity index (χ0v) is 45.3. The molecule has 4 aliphatic rings. The van der Waals surface area contributed by atoms with Crippen LogP contribution in [0.1, 0.15) is 123 Å². The lowest BCUT2D eigenvalue weighted by Gasteiger charge is -2.71. The van der Waals surface area contributed by atoms with Crippen LogP contribution in [0.5, 0.6) is 5.75 Å². The zero-order valence-electron chi connectivity index (χ0n) is 43.6. The van der Waals surface area contributed by atoms with Crippen molar-refractivity contribution in [3.8, 4) is 5.75 Å². The normalized spacial score (nSPS) is 21.6. The first kappa shape index (κ1) is 60.2. The third-order valence-corrected chi connectivity index (χ3v) is 18.3. The molecule has 3 heterocycles. The number of hydrogen-bond acceptors (Lipinski definition) is 12. The summed E-state index contributed by atoms with van der Waals surface area (Å²) in [5.41, 5.74) is 4.87. The van der Waals surface area contributed by atoms with Gasteiger partial charge in [0.2, 0.25) is 17.7 Å². The van der Waals surface area contributed by atoms with Crippen LogP contribution in [0.4, 0.5) is 29.3 Å². The SMILES string of the molecule is CCC1SC(C(=O)O)=C2SC1(C1(C)CCCCCCCCC1)C2(C)Nc1ccc(OCCOCCOCCOCC(=O)NC(C(=O)N[C@@H](CCCNC(N)=O)C(=O)Nc2ccc(C)cc2)C(C)C)c(C(F)(F)F)c1. The first-order chi connectivity index (χ1) is 35.2. The molecule has 0 radical (unpaired) electrons. The maximum Gasteiger partial charge on any atom is 0.420 e. The number of hydrogen-bond donors (Lipinski definition) is 7. The second-order valence-corrected chi connectivity index (χ2v) is 22.5. The van der Waals surface area contributed by atoms with E-state index < -0.39 is 63.8 Å². The van der Waals surface area contributed by atoms with Crippen LogP contribution in [-0.4, -0.2) is 115 Å². The topological polar surface area (TPSA) is 229 Å². The molecule has 16 nitrogen and oxygen atoms in total. The summed E-state index contributed by atoms with van der Waals surface area (Å²) >= 11 is 3.05. The van der Waals surface area contributed by atoms with Crippen molar-refractivity contribution in [2.24, 2.45) is 17.1 Å². The van der Waals surface area contributed by atoms with Crippen molar-refractivity contribution in [3.63, 3.8) is 0 Å². The Morgan fingerprint density at radius 2 is 1.42 bits per heavy atom. The van der Waals surface area contributed by atoms with Gasteiger partial charge < -0.3 is 56.4 Å². The van der Waals surface area contributed by atoms with Gasteiger partial charge in [-0.15, -0.1) is 23.5 Å². The highest BCUT2D eigenvalue weighted by molar-refractivity contribution is 8.13. The summed E-state index contributed by atoms with van der Waals surface area (Å²) in [6, 6.07) is 8.38. The average Bonchev–Trinajstić information content (AvgIpc) is 3.35. The van der Waals surface area contributed by atoms with Crippen LogP contribution >= 0.6 is 23.5 Å². The Labute approximate surface area is 442 Å². The van der Waals surface area contributed by atoms with Gasteiger partial charge in [0, 0.05) is 28.1 Å². The van der Waals surface area contributed by atoms with Gasteiger partial charge in [-0.25, -0.2) is 9.59 Å². The molecular weight excluding hydrogens is 1000 g/mol. The van der Waals surface area contributed by atoms with Gasteiger partial charge >= 0.3 is 18.2 Å². The number of halogens is 3. The Hall–Kier alpha value is -4.70. The predicted octanol–water partition coefficient (Wildman–Crippen LogP) is 9.16. The van der Waals surface area contributed by atoms with Crippen molar-refractivity contribution < 1.29 is 61.2 Å². The molecule has 74 heavy (non-hydrogen) atoms. The van der Waals surface area contributed by atoms with Gasteiger partial charge in [0.15, 0.2) is 0 Å². The van der Waals surface area contributed by atoms with E-state index in [0.717, 1.165) is 50.2 Å². The van der Waals surface area contributed by atoms with Crippen LogP contribution in [0.15, 0.2) is 52.3 Å². The molecule has 3 aliphatic heterocycles. The lowest BCUT2D eigenvalue weighted by molar-refractivity contribution is -0.139. The van der Waals surface area contributed by atoms with Crippen LogP contribution in [-0.2, 0) is 39.6 Å². The summed E-state index contributed by atoms with van der Waals surface area (Å²) in [7, 11) is 0. The molecule has 6 rings (SSSR count). The number of anilines is 2. The molecule has 1 saturated carbocycles. The highest BCUT2D eigenvalue weighted by Gasteiger charge is 2.74. The van der Waals surface area contributed by atoms with E-state index in [4.69, 9.17) is 24.7 Å². The number of carboxylic acid groups (broad SMARTS) is 1. The van der Waals surface area contributed by atoms with E-state index in [9.17, 15) is 42.3 Å². The number of aryl methyl sites for hydroxylation is 1. The fourth-order valence-corrected chi connectivity index (χ4v) is 14.3. The molecule has 5 atom stereocenters. The summed E-state index contributed by atoms with van der Waals surface area (Å²) in [4.78, 5) is 64.2. The number of aliphatic carboxylic acids is 1. The van der Waals surface area contributed by atoms with Gasteiger partial charge in [0.05, 0.1) is 48.9 Å². The predicted molar refractivity (Wildman–Crippen MR) is 283 cm³/mol.